The van der Waals surface area contributed by atoms with Crippen LogP contribution in [0.25, 0.3) is 109 Å². The van der Waals surface area contributed by atoms with Crippen LogP contribution in [0.2, 0.25) is 0 Å². The summed E-state index contributed by atoms with van der Waals surface area (Å²) in [4.78, 5) is 4.76. The molecular formula is C66H40N2O2. The largest absolute Gasteiger partial charge is 0.456 e. The van der Waals surface area contributed by atoms with E-state index < -0.39 is 0 Å². The molecule has 0 N–H and O–H groups in total. The first kappa shape index (κ1) is 38.7. The second-order valence-electron chi connectivity index (χ2n) is 18.5. The molecule has 4 nitrogen and oxygen atoms in total. The molecule has 0 radical (unpaired) electrons. The normalized spacial score (nSPS) is 12.0. The summed E-state index contributed by atoms with van der Waals surface area (Å²) in [6.45, 7) is 0. The van der Waals surface area contributed by atoms with Crippen LogP contribution in [-0.2, 0) is 0 Å². The quantitative estimate of drug-likeness (QED) is 0.166. The molecule has 0 aliphatic rings. The molecule has 0 fully saturated rings. The monoisotopic (exact) mass is 892 g/mol. The van der Waals surface area contributed by atoms with Gasteiger partial charge in [0.15, 0.2) is 0 Å². The van der Waals surface area contributed by atoms with Crippen molar-refractivity contribution in [2.45, 2.75) is 0 Å². The minimum absolute atomic E-state index is 0.839. The maximum Gasteiger partial charge on any atom is 0.136 e. The fourth-order valence-corrected chi connectivity index (χ4v) is 11.1. The minimum atomic E-state index is 0.839. The van der Waals surface area contributed by atoms with E-state index in [1.165, 1.54) is 43.1 Å². The molecule has 2 heterocycles. The third-order valence-electron chi connectivity index (χ3n) is 14.5. The molecule has 0 amide bonds. The average Bonchev–Trinajstić information content (AvgIpc) is 3.94. The Balaban J connectivity index is 0.841. The summed E-state index contributed by atoms with van der Waals surface area (Å²) in [5.74, 6) is 0. The summed E-state index contributed by atoms with van der Waals surface area (Å²) in [5.41, 5.74) is 9.99. The molecule has 326 valence electrons. The van der Waals surface area contributed by atoms with Gasteiger partial charge in [-0.2, -0.15) is 0 Å². The molecule has 0 saturated carbocycles. The Morgan fingerprint density at radius 3 is 0.957 bits per heavy atom. The Kier molecular flexibility index (Phi) is 8.33. The molecule has 0 bridgehead atoms. The molecule has 70 heavy (non-hydrogen) atoms. The molecular weight excluding hydrogens is 853 g/mol. The summed E-state index contributed by atoms with van der Waals surface area (Å²) in [7, 11) is 0. The van der Waals surface area contributed by atoms with Gasteiger partial charge < -0.3 is 18.6 Å². The number of fused-ring (bicyclic) bond motifs is 12. The van der Waals surface area contributed by atoms with Crippen LogP contribution in [0.3, 0.4) is 0 Å². The third kappa shape index (κ3) is 6.10. The van der Waals surface area contributed by atoms with Gasteiger partial charge in [-0.3, -0.25) is 0 Å². The number of hydrogen-bond acceptors (Lipinski definition) is 4. The maximum atomic E-state index is 6.77. The van der Waals surface area contributed by atoms with Crippen LogP contribution in [0.15, 0.2) is 251 Å². The van der Waals surface area contributed by atoms with Gasteiger partial charge in [-0.25, -0.2) is 0 Å². The Labute approximate surface area is 402 Å². The number of rotatable bonds is 6. The lowest BCUT2D eigenvalue weighted by atomic mass is 10.0. The van der Waals surface area contributed by atoms with Crippen LogP contribution in [0.1, 0.15) is 0 Å². The van der Waals surface area contributed by atoms with E-state index in [2.05, 4.69) is 252 Å². The molecule has 0 aliphatic heterocycles. The van der Waals surface area contributed by atoms with Crippen molar-refractivity contribution in [3.05, 3.63) is 243 Å². The average molecular weight is 893 g/mol. The van der Waals surface area contributed by atoms with Crippen molar-refractivity contribution in [3.8, 4) is 0 Å². The zero-order chi connectivity index (χ0) is 45.9. The zero-order valence-corrected chi connectivity index (χ0v) is 37.8. The molecule has 0 aliphatic carbocycles. The molecule has 13 aromatic carbocycles. The van der Waals surface area contributed by atoms with E-state index in [4.69, 9.17) is 8.83 Å². The highest BCUT2D eigenvalue weighted by Crippen LogP contribution is 2.45. The number of anilines is 6. The van der Waals surface area contributed by atoms with Gasteiger partial charge in [0.05, 0.1) is 11.4 Å². The molecule has 0 atom stereocenters. The van der Waals surface area contributed by atoms with Gasteiger partial charge in [0.2, 0.25) is 0 Å². The standard InChI is InChI=1S/C66H40N2O2/c1-3-15-45-31-51(27-23-41(45)11-1)67(61-21-9-17-43-13-5-7-19-55(43)61)53-29-25-47-35-57-59-39-66-60(40-65(59)69-63(57)37-49(47)33-53)58-36-48-26-30-54(34-50(48)38-64(58)70-66)68(52-28-24-42-12-2-4-16-46(42)32-52)62-22-10-18-44-14-6-8-20-56(44)62/h1-40H. The van der Waals surface area contributed by atoms with Gasteiger partial charge in [0, 0.05) is 55.1 Å². The topological polar surface area (TPSA) is 32.8 Å². The van der Waals surface area contributed by atoms with Crippen LogP contribution in [0.4, 0.5) is 34.1 Å². The number of nitrogens with zero attached hydrogens (tertiary/aromatic N) is 2. The van der Waals surface area contributed by atoms with Crippen LogP contribution >= 0.6 is 0 Å². The smallest absolute Gasteiger partial charge is 0.136 e. The van der Waals surface area contributed by atoms with E-state index in [1.807, 2.05) is 0 Å². The van der Waals surface area contributed by atoms with Gasteiger partial charge in [0.1, 0.15) is 22.3 Å². The lowest BCUT2D eigenvalue weighted by Crippen LogP contribution is -2.10. The number of furan rings is 2. The Hall–Kier alpha value is -9.38. The van der Waals surface area contributed by atoms with E-state index in [1.54, 1.807) is 0 Å². The lowest BCUT2D eigenvalue weighted by Gasteiger charge is -2.27. The highest BCUT2D eigenvalue weighted by molar-refractivity contribution is 6.18. The maximum absolute atomic E-state index is 6.77. The second-order valence-corrected chi connectivity index (χ2v) is 18.5. The first-order valence-electron chi connectivity index (χ1n) is 23.9. The SMILES string of the molecule is c1ccc2cc(N(c3ccc4cc5c(cc4c3)oc3cc4c(cc35)oc3cc5cc(N(c6ccc7ccccc7c6)c6cccc7ccccc67)ccc5cc34)c3cccc4ccccc34)ccc2c1. The summed E-state index contributed by atoms with van der Waals surface area (Å²) in [5, 5.41) is 18.3. The van der Waals surface area contributed by atoms with E-state index in [0.29, 0.717) is 0 Å². The fraction of sp³-hybridized carbons (Fsp3) is 0. The van der Waals surface area contributed by atoms with Crippen LogP contribution < -0.4 is 9.80 Å². The van der Waals surface area contributed by atoms with Crippen molar-refractivity contribution < 1.29 is 8.83 Å². The van der Waals surface area contributed by atoms with Crippen molar-refractivity contribution >= 4 is 143 Å². The van der Waals surface area contributed by atoms with E-state index in [0.717, 1.165) is 99.5 Å². The first-order valence-corrected chi connectivity index (χ1v) is 23.9. The third-order valence-corrected chi connectivity index (χ3v) is 14.5. The Bertz CT molecular complexity index is 4330. The van der Waals surface area contributed by atoms with E-state index in [9.17, 15) is 0 Å². The summed E-state index contributed by atoms with van der Waals surface area (Å²) in [6.07, 6.45) is 0. The van der Waals surface area contributed by atoms with Crippen LogP contribution in [0, 0.1) is 0 Å². The highest BCUT2D eigenvalue weighted by Gasteiger charge is 2.21. The Morgan fingerprint density at radius 2 is 0.514 bits per heavy atom. The van der Waals surface area contributed by atoms with Gasteiger partial charge >= 0.3 is 0 Å². The van der Waals surface area contributed by atoms with Gasteiger partial charge in [-0.1, -0.05) is 146 Å². The van der Waals surface area contributed by atoms with E-state index >= 15 is 0 Å². The van der Waals surface area contributed by atoms with Crippen LogP contribution in [0.5, 0.6) is 0 Å². The predicted octanol–water partition coefficient (Wildman–Crippen LogP) is 19.3. The molecule has 4 heteroatoms. The van der Waals surface area contributed by atoms with Gasteiger partial charge in [-0.05, 0) is 151 Å². The summed E-state index contributed by atoms with van der Waals surface area (Å²) >= 11 is 0. The lowest BCUT2D eigenvalue weighted by molar-refractivity contribution is 0.664. The molecule has 15 aromatic rings. The number of benzene rings is 13. The van der Waals surface area contributed by atoms with Crippen molar-refractivity contribution in [2.24, 2.45) is 0 Å². The van der Waals surface area contributed by atoms with Crippen molar-refractivity contribution in [1.82, 2.24) is 0 Å². The molecule has 0 spiro atoms. The van der Waals surface area contributed by atoms with Gasteiger partial charge in [0.25, 0.3) is 0 Å². The van der Waals surface area contributed by atoms with Crippen molar-refractivity contribution in [3.63, 3.8) is 0 Å². The van der Waals surface area contributed by atoms with Gasteiger partial charge in [-0.15, -0.1) is 0 Å². The highest BCUT2D eigenvalue weighted by atomic mass is 16.3. The molecule has 0 unspecified atom stereocenters. The molecule has 0 saturated heterocycles. The van der Waals surface area contributed by atoms with Crippen molar-refractivity contribution in [1.29, 1.82) is 0 Å². The molecule has 15 rings (SSSR count). The van der Waals surface area contributed by atoms with E-state index in [-0.39, 0.29) is 0 Å². The first-order chi connectivity index (χ1) is 34.6. The van der Waals surface area contributed by atoms with Crippen molar-refractivity contribution in [2.75, 3.05) is 9.80 Å². The fourth-order valence-electron chi connectivity index (χ4n) is 11.1. The predicted molar refractivity (Wildman–Crippen MR) is 295 cm³/mol. The number of hydrogen-bond donors (Lipinski definition) is 0. The Morgan fingerprint density at radius 1 is 0.200 bits per heavy atom. The second kappa shape index (κ2) is 15.1. The van der Waals surface area contributed by atoms with Crippen LogP contribution in [-0.4, -0.2) is 0 Å². The summed E-state index contributed by atoms with van der Waals surface area (Å²) < 4.78 is 13.5. The zero-order valence-electron chi connectivity index (χ0n) is 37.8. The molecule has 2 aromatic heterocycles. The minimum Gasteiger partial charge on any atom is -0.456 e. The summed E-state index contributed by atoms with van der Waals surface area (Å²) in [6, 6.07) is 87.7.